The zero-order valence-electron chi connectivity index (χ0n) is 19.2. The van der Waals surface area contributed by atoms with E-state index in [1.165, 1.54) is 22.2 Å². The van der Waals surface area contributed by atoms with Crippen LogP contribution < -0.4 is 15.2 Å². The topological polar surface area (TPSA) is 67.7 Å². The first-order valence-corrected chi connectivity index (χ1v) is 12.1. The van der Waals surface area contributed by atoms with Gasteiger partial charge < -0.3 is 14.5 Å². The third-order valence-electron chi connectivity index (χ3n) is 6.29. The molecule has 174 valence electrons. The minimum atomic E-state index is -0.178. The number of aryl methyl sites for hydroxylation is 1. The van der Waals surface area contributed by atoms with Gasteiger partial charge in [0.2, 0.25) is 5.91 Å². The Labute approximate surface area is 201 Å². The van der Waals surface area contributed by atoms with E-state index in [0.29, 0.717) is 36.4 Å². The summed E-state index contributed by atoms with van der Waals surface area (Å²) in [4.78, 5) is 35.6. The summed E-state index contributed by atoms with van der Waals surface area (Å²) in [5.74, 6) is 0.753. The average Bonchev–Trinajstić information content (AvgIpc) is 3.31. The van der Waals surface area contributed by atoms with E-state index < -0.39 is 0 Å². The van der Waals surface area contributed by atoms with E-state index >= 15 is 0 Å². The van der Waals surface area contributed by atoms with Gasteiger partial charge in [0.25, 0.3) is 5.56 Å². The van der Waals surface area contributed by atoms with Crippen LogP contribution in [-0.2, 0) is 11.3 Å². The summed E-state index contributed by atoms with van der Waals surface area (Å²) in [5.41, 5.74) is 3.86. The lowest BCUT2D eigenvalue weighted by Gasteiger charge is -2.36. The molecule has 2 aromatic heterocycles. The van der Waals surface area contributed by atoms with Crippen LogP contribution >= 0.6 is 11.3 Å². The SMILES string of the molecule is COc1ccccc1N1CCN(C(=O)Cn2cnc3scc(-c4ccc(C)cc4)c3c2=O)CC1. The lowest BCUT2D eigenvalue weighted by molar-refractivity contribution is -0.132. The highest BCUT2D eigenvalue weighted by molar-refractivity contribution is 7.17. The fourth-order valence-electron chi connectivity index (χ4n) is 4.36. The number of ether oxygens (including phenoxy) is 1. The van der Waals surface area contributed by atoms with Crippen LogP contribution in [0.1, 0.15) is 5.56 Å². The van der Waals surface area contributed by atoms with E-state index in [-0.39, 0.29) is 18.0 Å². The molecular weight excluding hydrogens is 448 g/mol. The molecule has 0 bridgehead atoms. The second-order valence-electron chi connectivity index (χ2n) is 8.41. The molecule has 1 amide bonds. The highest BCUT2D eigenvalue weighted by Gasteiger charge is 2.24. The molecule has 0 unspecified atom stereocenters. The Kier molecular flexibility index (Phi) is 6.06. The van der Waals surface area contributed by atoms with Gasteiger partial charge in [0.15, 0.2) is 0 Å². The zero-order valence-corrected chi connectivity index (χ0v) is 20.0. The van der Waals surface area contributed by atoms with Gasteiger partial charge in [0.05, 0.1) is 24.5 Å². The number of piperazine rings is 1. The van der Waals surface area contributed by atoms with Crippen molar-refractivity contribution in [1.82, 2.24) is 14.5 Å². The van der Waals surface area contributed by atoms with Crippen molar-refractivity contribution in [2.45, 2.75) is 13.5 Å². The molecule has 4 aromatic rings. The van der Waals surface area contributed by atoms with Gasteiger partial charge >= 0.3 is 0 Å². The first-order chi connectivity index (χ1) is 16.5. The molecule has 1 aliphatic heterocycles. The van der Waals surface area contributed by atoms with Crippen molar-refractivity contribution < 1.29 is 9.53 Å². The molecular formula is C26H26N4O3S. The Morgan fingerprint density at radius 3 is 2.53 bits per heavy atom. The van der Waals surface area contributed by atoms with Gasteiger partial charge in [0.1, 0.15) is 17.1 Å². The van der Waals surface area contributed by atoms with E-state index in [1.54, 1.807) is 7.11 Å². The van der Waals surface area contributed by atoms with Crippen LogP contribution in [0.2, 0.25) is 0 Å². The Hall–Kier alpha value is -3.65. The molecule has 1 aliphatic rings. The number of hydrogen-bond acceptors (Lipinski definition) is 6. The Bertz CT molecular complexity index is 1390. The number of thiophene rings is 1. The third-order valence-corrected chi connectivity index (χ3v) is 7.17. The van der Waals surface area contributed by atoms with Gasteiger partial charge in [-0.25, -0.2) is 4.98 Å². The number of hydrogen-bond donors (Lipinski definition) is 0. The number of carbonyl (C=O) groups is 1. The van der Waals surface area contributed by atoms with Gasteiger partial charge in [-0.15, -0.1) is 11.3 Å². The second-order valence-corrected chi connectivity index (χ2v) is 9.27. The van der Waals surface area contributed by atoms with Crippen molar-refractivity contribution in [2.24, 2.45) is 0 Å². The number of carbonyl (C=O) groups excluding carboxylic acids is 1. The average molecular weight is 475 g/mol. The van der Waals surface area contributed by atoms with Crippen molar-refractivity contribution in [3.63, 3.8) is 0 Å². The number of methoxy groups -OCH3 is 1. The highest BCUT2D eigenvalue weighted by Crippen LogP contribution is 2.31. The number of anilines is 1. The van der Waals surface area contributed by atoms with Gasteiger partial charge in [0, 0.05) is 37.1 Å². The molecule has 0 radical (unpaired) electrons. The monoisotopic (exact) mass is 474 g/mol. The summed E-state index contributed by atoms with van der Waals surface area (Å²) < 4.78 is 6.91. The van der Waals surface area contributed by atoms with Crippen molar-refractivity contribution >= 4 is 33.1 Å². The molecule has 5 rings (SSSR count). The van der Waals surface area contributed by atoms with Crippen molar-refractivity contribution in [1.29, 1.82) is 0 Å². The summed E-state index contributed by atoms with van der Waals surface area (Å²) in [7, 11) is 1.67. The third kappa shape index (κ3) is 4.17. The predicted molar refractivity (Wildman–Crippen MR) is 136 cm³/mol. The second kappa shape index (κ2) is 9.30. The highest BCUT2D eigenvalue weighted by atomic mass is 32.1. The number of aromatic nitrogens is 2. The van der Waals surface area contributed by atoms with Gasteiger partial charge in [-0.1, -0.05) is 42.0 Å². The minimum absolute atomic E-state index is 0.0143. The Balaban J connectivity index is 1.32. The quantitative estimate of drug-likeness (QED) is 0.440. The van der Waals surface area contributed by atoms with Crippen LogP contribution in [0, 0.1) is 6.92 Å². The van der Waals surface area contributed by atoms with E-state index in [9.17, 15) is 9.59 Å². The summed E-state index contributed by atoms with van der Waals surface area (Å²) in [5, 5.41) is 2.54. The molecule has 3 heterocycles. The Morgan fingerprint density at radius 2 is 1.79 bits per heavy atom. The van der Waals surface area contributed by atoms with E-state index in [0.717, 1.165) is 28.1 Å². The number of amides is 1. The van der Waals surface area contributed by atoms with Gasteiger partial charge in [-0.2, -0.15) is 0 Å². The van der Waals surface area contributed by atoms with Crippen molar-refractivity contribution in [3.05, 3.63) is 76.2 Å². The summed E-state index contributed by atoms with van der Waals surface area (Å²) in [6.45, 7) is 4.62. The summed E-state index contributed by atoms with van der Waals surface area (Å²) in [6.07, 6.45) is 1.49. The van der Waals surface area contributed by atoms with Crippen molar-refractivity contribution in [3.8, 4) is 16.9 Å². The lowest BCUT2D eigenvalue weighted by atomic mass is 10.1. The van der Waals surface area contributed by atoms with Gasteiger partial charge in [-0.3, -0.25) is 14.2 Å². The lowest BCUT2D eigenvalue weighted by Crippen LogP contribution is -2.50. The molecule has 34 heavy (non-hydrogen) atoms. The van der Waals surface area contributed by atoms with Crippen LogP contribution in [-0.4, -0.2) is 53.6 Å². The maximum absolute atomic E-state index is 13.3. The predicted octanol–water partition coefficient (Wildman–Crippen LogP) is 3.79. The number of rotatable bonds is 5. The molecule has 0 spiro atoms. The fourth-order valence-corrected chi connectivity index (χ4v) is 5.27. The van der Waals surface area contributed by atoms with Crippen LogP contribution in [0.3, 0.4) is 0 Å². The number of fused-ring (bicyclic) bond motifs is 1. The Morgan fingerprint density at radius 1 is 1.06 bits per heavy atom. The van der Waals surface area contributed by atoms with Crippen LogP contribution in [0.25, 0.3) is 21.3 Å². The first kappa shape index (κ1) is 22.2. The zero-order chi connectivity index (χ0) is 23.7. The van der Waals surface area contributed by atoms with E-state index in [4.69, 9.17) is 4.74 Å². The molecule has 2 aromatic carbocycles. The standard InChI is InChI=1S/C26H26N4O3S/c1-18-7-9-19(10-8-18)20-16-34-25-24(20)26(32)30(17-27-25)15-23(31)29-13-11-28(12-14-29)21-5-3-4-6-22(21)33-2/h3-10,16-17H,11-15H2,1-2H3. The fraction of sp³-hybridized carbons (Fsp3) is 0.269. The number of para-hydroxylation sites is 2. The summed E-state index contributed by atoms with van der Waals surface area (Å²) in [6, 6.07) is 16.0. The largest absolute Gasteiger partial charge is 0.495 e. The van der Waals surface area contributed by atoms with Gasteiger partial charge in [-0.05, 0) is 24.6 Å². The van der Waals surface area contributed by atoms with Crippen LogP contribution in [0.5, 0.6) is 5.75 Å². The van der Waals surface area contributed by atoms with Crippen molar-refractivity contribution in [2.75, 3.05) is 38.2 Å². The molecule has 0 atom stereocenters. The maximum atomic E-state index is 13.3. The molecule has 0 N–H and O–H groups in total. The summed E-state index contributed by atoms with van der Waals surface area (Å²) >= 11 is 1.45. The molecule has 1 fully saturated rings. The smallest absolute Gasteiger partial charge is 0.263 e. The first-order valence-electron chi connectivity index (χ1n) is 11.2. The van der Waals surface area contributed by atoms with Crippen LogP contribution in [0.4, 0.5) is 5.69 Å². The maximum Gasteiger partial charge on any atom is 0.263 e. The molecule has 1 saturated heterocycles. The van der Waals surface area contributed by atoms with Crippen LogP contribution in [0.15, 0.2) is 65.0 Å². The molecule has 7 nitrogen and oxygen atoms in total. The van der Waals surface area contributed by atoms with E-state index in [1.807, 2.05) is 65.7 Å². The molecule has 0 aliphatic carbocycles. The number of nitrogens with zero attached hydrogens (tertiary/aromatic N) is 4. The number of benzene rings is 2. The molecule has 0 saturated carbocycles. The minimum Gasteiger partial charge on any atom is -0.495 e. The normalized spacial score (nSPS) is 13.9. The van der Waals surface area contributed by atoms with E-state index in [2.05, 4.69) is 9.88 Å². The molecule has 8 heteroatoms.